The Kier molecular flexibility index (Phi) is 12.2. The highest BCUT2D eigenvalue weighted by atomic mass is 127. The summed E-state index contributed by atoms with van der Waals surface area (Å²) in [5, 5.41) is 10.2. The Morgan fingerprint density at radius 3 is 2.65 bits per heavy atom. The van der Waals surface area contributed by atoms with E-state index >= 15 is 0 Å². The largest absolute Gasteiger partial charge is 0.492 e. The second-order valence-electron chi connectivity index (χ2n) is 7.61. The van der Waals surface area contributed by atoms with Crippen molar-refractivity contribution in [3.05, 3.63) is 46.4 Å². The van der Waals surface area contributed by atoms with Crippen LogP contribution in [0.3, 0.4) is 0 Å². The fourth-order valence-corrected chi connectivity index (χ4v) is 4.29. The van der Waals surface area contributed by atoms with Gasteiger partial charge in [-0.15, -0.1) is 35.3 Å². The summed E-state index contributed by atoms with van der Waals surface area (Å²) >= 11 is 1.78. The molecule has 1 aromatic heterocycles. The number of piperidine rings is 1. The third kappa shape index (κ3) is 9.33. The molecule has 1 aliphatic rings. The van der Waals surface area contributed by atoms with Gasteiger partial charge < -0.3 is 15.4 Å². The summed E-state index contributed by atoms with van der Waals surface area (Å²) in [5.41, 5.74) is 1.23. The lowest BCUT2D eigenvalue weighted by Gasteiger charge is -2.30. The van der Waals surface area contributed by atoms with Gasteiger partial charge >= 0.3 is 0 Å². The predicted octanol–water partition coefficient (Wildman–Crippen LogP) is 4.17. The van der Waals surface area contributed by atoms with Crippen LogP contribution in [0.25, 0.3) is 0 Å². The van der Waals surface area contributed by atoms with Gasteiger partial charge in [-0.05, 0) is 57.3 Å². The first-order valence-corrected chi connectivity index (χ1v) is 12.0. The number of guanidine groups is 1. The minimum absolute atomic E-state index is 0. The molecule has 2 aromatic rings. The molecule has 1 saturated heterocycles. The molecule has 0 radical (unpaired) electrons. The molecule has 0 atom stereocenters. The fourth-order valence-electron chi connectivity index (χ4n) is 3.56. The van der Waals surface area contributed by atoms with Gasteiger partial charge in [0.05, 0.1) is 17.2 Å². The highest BCUT2D eigenvalue weighted by molar-refractivity contribution is 14.0. The van der Waals surface area contributed by atoms with Crippen LogP contribution in [-0.4, -0.2) is 55.2 Å². The monoisotopic (exact) mass is 557 g/mol. The van der Waals surface area contributed by atoms with Gasteiger partial charge in [-0.1, -0.05) is 25.1 Å². The minimum atomic E-state index is 0. The van der Waals surface area contributed by atoms with Gasteiger partial charge in [0.2, 0.25) is 0 Å². The van der Waals surface area contributed by atoms with Gasteiger partial charge in [-0.3, -0.25) is 9.89 Å². The summed E-state index contributed by atoms with van der Waals surface area (Å²) < 4.78 is 5.74. The maximum atomic E-state index is 5.74. The van der Waals surface area contributed by atoms with E-state index in [0.717, 1.165) is 57.4 Å². The number of para-hydroxylation sites is 1. The zero-order valence-corrected chi connectivity index (χ0v) is 21.8. The van der Waals surface area contributed by atoms with E-state index in [-0.39, 0.29) is 24.0 Å². The number of aryl methyl sites for hydroxylation is 1. The van der Waals surface area contributed by atoms with Crippen molar-refractivity contribution in [3.63, 3.8) is 0 Å². The molecule has 2 heterocycles. The van der Waals surface area contributed by atoms with Crippen LogP contribution in [-0.2, 0) is 13.0 Å². The highest BCUT2D eigenvalue weighted by Crippen LogP contribution is 2.20. The molecule has 3 rings (SSSR count). The van der Waals surface area contributed by atoms with Crippen LogP contribution >= 0.6 is 35.3 Å². The SMILES string of the molecule is CCNC(=NCC1CCN(Cc2csc(CC)n2)CC1)NCCOc1ccccc1.I. The summed E-state index contributed by atoms with van der Waals surface area (Å²) in [7, 11) is 0. The predicted molar refractivity (Wildman–Crippen MR) is 141 cm³/mol. The van der Waals surface area contributed by atoms with Gasteiger partial charge in [0.1, 0.15) is 12.4 Å². The molecule has 0 bridgehead atoms. The van der Waals surface area contributed by atoms with Crippen LogP contribution < -0.4 is 15.4 Å². The van der Waals surface area contributed by atoms with Crippen LogP contribution in [0.4, 0.5) is 0 Å². The number of hydrogen-bond donors (Lipinski definition) is 2. The molecule has 172 valence electrons. The van der Waals surface area contributed by atoms with Gasteiger partial charge in [-0.2, -0.15) is 0 Å². The van der Waals surface area contributed by atoms with Gasteiger partial charge in [-0.25, -0.2) is 4.98 Å². The second kappa shape index (κ2) is 14.6. The number of ether oxygens (including phenoxy) is 1. The first-order chi connectivity index (χ1) is 14.8. The van der Waals surface area contributed by atoms with E-state index in [0.29, 0.717) is 12.5 Å². The quantitative estimate of drug-likeness (QED) is 0.199. The molecule has 31 heavy (non-hydrogen) atoms. The van der Waals surface area contributed by atoms with Crippen LogP contribution in [0.1, 0.15) is 37.4 Å². The summed E-state index contributed by atoms with van der Waals surface area (Å²) in [6, 6.07) is 9.91. The Balaban J connectivity index is 0.00000341. The van der Waals surface area contributed by atoms with E-state index < -0.39 is 0 Å². The van der Waals surface area contributed by atoms with Crippen molar-refractivity contribution in [1.82, 2.24) is 20.5 Å². The molecule has 0 amide bonds. The molecule has 1 aromatic carbocycles. The molecule has 0 spiro atoms. The Labute approximate surface area is 207 Å². The fraction of sp³-hybridized carbons (Fsp3) is 0.565. The van der Waals surface area contributed by atoms with E-state index in [4.69, 9.17) is 14.7 Å². The Hall–Kier alpha value is -1.39. The normalized spacial score (nSPS) is 15.4. The summed E-state index contributed by atoms with van der Waals surface area (Å²) in [6.07, 6.45) is 3.43. The number of likely N-dealkylation sites (tertiary alicyclic amines) is 1. The zero-order valence-electron chi connectivity index (χ0n) is 18.7. The van der Waals surface area contributed by atoms with E-state index in [1.54, 1.807) is 11.3 Å². The van der Waals surface area contributed by atoms with Gasteiger partial charge in [0.25, 0.3) is 0 Å². The van der Waals surface area contributed by atoms with Crippen molar-refractivity contribution < 1.29 is 4.74 Å². The average Bonchev–Trinajstić information content (AvgIpc) is 3.24. The van der Waals surface area contributed by atoms with Gasteiger partial charge in [0, 0.05) is 25.0 Å². The molecule has 2 N–H and O–H groups in total. The van der Waals surface area contributed by atoms with Crippen molar-refractivity contribution in [2.45, 2.75) is 39.7 Å². The third-order valence-electron chi connectivity index (χ3n) is 5.25. The Morgan fingerprint density at radius 1 is 1.19 bits per heavy atom. The number of nitrogens with zero attached hydrogens (tertiary/aromatic N) is 3. The maximum Gasteiger partial charge on any atom is 0.191 e. The summed E-state index contributed by atoms with van der Waals surface area (Å²) in [6.45, 7) is 10.6. The number of thiazole rings is 1. The lowest BCUT2D eigenvalue weighted by atomic mass is 9.97. The number of aliphatic imine (C=N–C) groups is 1. The number of halogens is 1. The first kappa shape index (κ1) is 25.9. The maximum absolute atomic E-state index is 5.74. The Bertz CT molecular complexity index is 762. The lowest BCUT2D eigenvalue weighted by molar-refractivity contribution is 0.179. The smallest absolute Gasteiger partial charge is 0.191 e. The number of benzene rings is 1. The molecule has 1 fully saturated rings. The van der Waals surface area contributed by atoms with E-state index in [1.807, 2.05) is 30.3 Å². The molecule has 6 nitrogen and oxygen atoms in total. The number of aromatic nitrogens is 1. The molecular weight excluding hydrogens is 521 g/mol. The van der Waals surface area contributed by atoms with Crippen LogP contribution in [0.2, 0.25) is 0 Å². The zero-order chi connectivity index (χ0) is 21.0. The molecule has 0 aliphatic carbocycles. The van der Waals surface area contributed by atoms with Crippen molar-refractivity contribution in [3.8, 4) is 5.75 Å². The van der Waals surface area contributed by atoms with E-state index in [1.165, 1.54) is 23.5 Å². The van der Waals surface area contributed by atoms with Crippen LogP contribution in [0.5, 0.6) is 5.75 Å². The van der Waals surface area contributed by atoms with Crippen molar-refractivity contribution in [2.75, 3.05) is 39.3 Å². The molecule has 0 unspecified atom stereocenters. The van der Waals surface area contributed by atoms with Crippen molar-refractivity contribution >= 4 is 41.3 Å². The Morgan fingerprint density at radius 2 is 1.97 bits per heavy atom. The average molecular weight is 558 g/mol. The van der Waals surface area contributed by atoms with E-state index in [2.05, 4.69) is 34.8 Å². The molecule has 1 aliphatic heterocycles. The topological polar surface area (TPSA) is 61.8 Å². The van der Waals surface area contributed by atoms with E-state index in [9.17, 15) is 0 Å². The molecule has 0 saturated carbocycles. The van der Waals surface area contributed by atoms with Gasteiger partial charge in [0.15, 0.2) is 5.96 Å². The molecule has 8 heteroatoms. The lowest BCUT2D eigenvalue weighted by Crippen LogP contribution is -2.40. The first-order valence-electron chi connectivity index (χ1n) is 11.1. The second-order valence-corrected chi connectivity index (χ2v) is 8.56. The summed E-state index contributed by atoms with van der Waals surface area (Å²) in [5.74, 6) is 2.43. The molecular formula is C23H36IN5OS. The highest BCUT2D eigenvalue weighted by Gasteiger charge is 2.20. The number of hydrogen-bond acceptors (Lipinski definition) is 5. The van der Waals surface area contributed by atoms with Crippen LogP contribution in [0, 0.1) is 5.92 Å². The van der Waals surface area contributed by atoms with Crippen molar-refractivity contribution in [2.24, 2.45) is 10.9 Å². The summed E-state index contributed by atoms with van der Waals surface area (Å²) in [4.78, 5) is 12.0. The third-order valence-corrected chi connectivity index (χ3v) is 6.29. The number of nitrogens with one attached hydrogen (secondary N) is 2. The van der Waals surface area contributed by atoms with Crippen LogP contribution in [0.15, 0.2) is 40.7 Å². The minimum Gasteiger partial charge on any atom is -0.492 e. The van der Waals surface area contributed by atoms with Crippen molar-refractivity contribution in [1.29, 1.82) is 0 Å². The standard InChI is InChI=1S/C23H35N5OS.HI/c1-3-22-27-20(18-30-22)17-28-13-10-19(11-14-28)16-26-23(24-4-2)25-12-15-29-21-8-6-5-7-9-21;/h5-9,18-19H,3-4,10-17H2,1-2H3,(H2,24,25,26);1H. The number of rotatable bonds is 10.